The highest BCUT2D eigenvalue weighted by atomic mass is 16.8. The number of hydrogen-bond acceptors (Lipinski definition) is 33. The van der Waals surface area contributed by atoms with Crippen molar-refractivity contribution in [3.8, 4) is 45.8 Å². The third-order valence-electron chi connectivity index (χ3n) is 16.5. The van der Waals surface area contributed by atoms with Crippen molar-refractivity contribution < 1.29 is 158 Å². The maximum atomic E-state index is 14.8. The highest BCUT2D eigenvalue weighted by molar-refractivity contribution is 5.89. The van der Waals surface area contributed by atoms with Gasteiger partial charge in [0.25, 0.3) is 0 Å². The minimum Gasteiger partial charge on any atom is -0.508 e. The zero-order chi connectivity index (χ0) is 69.1. The third kappa shape index (κ3) is 15.7. The molecule has 25 atom stereocenters. The van der Waals surface area contributed by atoms with Gasteiger partial charge in [0.2, 0.25) is 23.8 Å². The number of ether oxygens (including phenoxy) is 12. The second-order valence-corrected chi connectivity index (χ2v) is 23.2. The van der Waals surface area contributed by atoms with Gasteiger partial charge in [0.1, 0.15) is 163 Å². The number of carbonyl (C=O) groups excluding carboxylic acids is 2. The molecular formula is C63H72O33. The molecule has 5 saturated heterocycles. The maximum absolute atomic E-state index is 14.8. The Morgan fingerprint density at radius 1 is 0.458 bits per heavy atom. The third-order valence-corrected chi connectivity index (χ3v) is 16.5. The van der Waals surface area contributed by atoms with Gasteiger partial charge >= 0.3 is 11.9 Å². The van der Waals surface area contributed by atoms with Gasteiger partial charge in [-0.2, -0.15) is 0 Å². The Hall–Kier alpha value is -7.53. The lowest BCUT2D eigenvalue weighted by Gasteiger charge is -2.49. The summed E-state index contributed by atoms with van der Waals surface area (Å²) in [7, 11) is 0. The van der Waals surface area contributed by atoms with Gasteiger partial charge in [-0.1, -0.05) is 24.3 Å². The Morgan fingerprint density at radius 2 is 0.875 bits per heavy atom. The van der Waals surface area contributed by atoms with Crippen molar-refractivity contribution in [1.29, 1.82) is 0 Å². The molecule has 0 amide bonds. The summed E-state index contributed by atoms with van der Waals surface area (Å²) in [5.41, 5.74) is -0.720. The maximum Gasteiger partial charge on any atom is 0.330 e. The molecule has 17 N–H and O–H groups in total. The average molecular weight is 1360 g/mol. The van der Waals surface area contributed by atoms with E-state index in [-0.39, 0.29) is 28.6 Å². The molecule has 33 nitrogen and oxygen atoms in total. The highest BCUT2D eigenvalue weighted by Gasteiger charge is 2.56. The van der Waals surface area contributed by atoms with Crippen LogP contribution in [0.15, 0.2) is 106 Å². The minimum atomic E-state index is -2.34. The predicted octanol–water partition coefficient (Wildman–Crippen LogP) is -3.30. The largest absolute Gasteiger partial charge is 0.508 e. The van der Waals surface area contributed by atoms with Crippen LogP contribution in [-0.4, -0.2) is 272 Å². The van der Waals surface area contributed by atoms with Crippen molar-refractivity contribution in [2.45, 2.75) is 167 Å². The van der Waals surface area contributed by atoms with Crippen molar-refractivity contribution in [1.82, 2.24) is 0 Å². The van der Waals surface area contributed by atoms with Gasteiger partial charge in [-0.15, -0.1) is 0 Å². The predicted molar refractivity (Wildman–Crippen MR) is 317 cm³/mol. The lowest BCUT2D eigenvalue weighted by Crippen LogP contribution is -2.67. The molecule has 33 heteroatoms. The molecule has 0 unspecified atom stereocenters. The van der Waals surface area contributed by atoms with E-state index in [9.17, 15) is 101 Å². The molecule has 5 aliphatic rings. The number of phenols is 4. The highest BCUT2D eigenvalue weighted by Crippen LogP contribution is 2.41. The normalized spacial score (nSPS) is 35.8. The van der Waals surface area contributed by atoms with Gasteiger partial charge in [0, 0.05) is 29.8 Å². The summed E-state index contributed by atoms with van der Waals surface area (Å²) in [6, 6.07) is 18.2. The second kappa shape index (κ2) is 30.5. The minimum absolute atomic E-state index is 0.000645. The topological polar surface area (TPSA) is 519 Å². The fourth-order valence-corrected chi connectivity index (χ4v) is 11.1. The van der Waals surface area contributed by atoms with Crippen molar-refractivity contribution in [3.05, 3.63) is 118 Å². The van der Waals surface area contributed by atoms with Gasteiger partial charge in [-0.25, -0.2) is 9.59 Å². The number of aliphatic hydroxyl groups is 13. The van der Waals surface area contributed by atoms with Crippen LogP contribution < -0.4 is 14.9 Å². The Kier molecular flexibility index (Phi) is 22.6. The number of aromatic hydroxyl groups is 4. The Morgan fingerprint density at radius 3 is 1.41 bits per heavy atom. The van der Waals surface area contributed by atoms with Crippen LogP contribution in [0.25, 0.3) is 34.4 Å². The molecule has 96 heavy (non-hydrogen) atoms. The number of esters is 2. The van der Waals surface area contributed by atoms with E-state index in [0.717, 1.165) is 24.3 Å². The summed E-state index contributed by atoms with van der Waals surface area (Å²) in [5.74, 6) is -4.92. The number of rotatable bonds is 20. The second-order valence-electron chi connectivity index (χ2n) is 23.2. The van der Waals surface area contributed by atoms with Crippen LogP contribution in [0.4, 0.5) is 0 Å². The zero-order valence-electron chi connectivity index (χ0n) is 50.6. The van der Waals surface area contributed by atoms with E-state index in [2.05, 4.69) is 0 Å². The molecule has 5 aromatic rings. The molecule has 10 rings (SSSR count). The molecular weight excluding hydrogens is 1280 g/mol. The molecule has 0 aliphatic carbocycles. The first-order valence-corrected chi connectivity index (χ1v) is 30.0. The fraction of sp³-hybridized carbons (Fsp3) is 0.476. The van der Waals surface area contributed by atoms with Gasteiger partial charge < -0.3 is 148 Å². The van der Waals surface area contributed by atoms with Gasteiger partial charge in [0.05, 0.1) is 18.8 Å². The molecule has 522 valence electrons. The van der Waals surface area contributed by atoms with Crippen LogP contribution in [0.2, 0.25) is 0 Å². The number of carbonyl (C=O) groups is 2. The summed E-state index contributed by atoms with van der Waals surface area (Å²) in [4.78, 5) is 41.4. The molecule has 0 saturated carbocycles. The number of aliphatic hydroxyl groups excluding tert-OH is 13. The van der Waals surface area contributed by atoms with E-state index in [1.807, 2.05) is 0 Å². The summed E-state index contributed by atoms with van der Waals surface area (Å²) in [6.45, 7) is 0.0312. The van der Waals surface area contributed by atoms with E-state index in [0.29, 0.717) is 11.1 Å². The molecule has 1 aromatic heterocycles. The lowest BCUT2D eigenvalue weighted by molar-refractivity contribution is -0.384. The Bertz CT molecular complexity index is 3570. The molecule has 0 bridgehead atoms. The molecule has 4 aromatic carbocycles. The Labute approximate surface area is 542 Å². The Balaban J connectivity index is 0.935. The quantitative estimate of drug-likeness (QED) is 0.0268. The van der Waals surface area contributed by atoms with E-state index < -0.39 is 219 Å². The first kappa shape index (κ1) is 71.2. The number of phenolic OH excluding ortho intramolecular Hbond substituents is 4. The van der Waals surface area contributed by atoms with Gasteiger partial charge in [-0.3, -0.25) is 4.79 Å². The molecule has 0 spiro atoms. The molecule has 0 radical (unpaired) electrons. The zero-order valence-corrected chi connectivity index (χ0v) is 50.6. The summed E-state index contributed by atoms with van der Waals surface area (Å²) in [5, 5.41) is 184. The average Bonchev–Trinajstić information content (AvgIpc) is 0.760. The summed E-state index contributed by atoms with van der Waals surface area (Å²) >= 11 is 0. The smallest absolute Gasteiger partial charge is 0.330 e. The fourth-order valence-electron chi connectivity index (χ4n) is 11.1. The van der Waals surface area contributed by atoms with Crippen LogP contribution in [0.1, 0.15) is 25.0 Å². The van der Waals surface area contributed by atoms with Crippen LogP contribution >= 0.6 is 0 Å². The molecule has 6 heterocycles. The van der Waals surface area contributed by atoms with Crippen LogP contribution in [0, 0.1) is 0 Å². The molecule has 5 fully saturated rings. The van der Waals surface area contributed by atoms with E-state index in [1.165, 1.54) is 98.8 Å². The summed E-state index contributed by atoms with van der Waals surface area (Å²) in [6.07, 6.45) is -42.3. The van der Waals surface area contributed by atoms with Gasteiger partial charge in [0.15, 0.2) is 24.6 Å². The van der Waals surface area contributed by atoms with Crippen molar-refractivity contribution in [2.75, 3.05) is 19.8 Å². The van der Waals surface area contributed by atoms with E-state index in [1.54, 1.807) is 0 Å². The first-order valence-electron chi connectivity index (χ1n) is 30.0. The first-order chi connectivity index (χ1) is 45.7. The van der Waals surface area contributed by atoms with Crippen molar-refractivity contribution in [2.24, 2.45) is 0 Å². The van der Waals surface area contributed by atoms with Crippen LogP contribution in [0.3, 0.4) is 0 Å². The number of benzene rings is 4. The molecule has 5 aliphatic heterocycles. The van der Waals surface area contributed by atoms with Crippen molar-refractivity contribution in [3.63, 3.8) is 0 Å². The lowest BCUT2D eigenvalue weighted by atomic mass is 9.95. The summed E-state index contributed by atoms with van der Waals surface area (Å²) < 4.78 is 75.9. The van der Waals surface area contributed by atoms with E-state index >= 15 is 0 Å². The van der Waals surface area contributed by atoms with Crippen molar-refractivity contribution >= 4 is 35.1 Å². The SMILES string of the molecule is C[C@H]1O[C@@H](Oc2cc(O)c3c(=O)c(O[C@@H]4O[C@H](COC(=O)/C=C/c5ccc(O)cc5)[C@@H](O[C@@H]5O[C@H](COC(=O)/C=C/c6ccc(O)cc6)[C@@H](O[C@@H]6O[C@H](C)[C@H](O[C@@H]7O[C@H](CO)[C@@H](O)[C@H](O)[C@H]7O)[C@@H](O)[C@H]6O)[C@H](O)[C@H]5O)[C@H](O)[C@H]4O)c(-c4ccc(O)cc4)oc3c2)[C@H](O)[C@H](O)[C@H]1O. The monoisotopic (exact) mass is 1360 g/mol. The number of hydrogen-bond donors (Lipinski definition) is 17. The standard InChI is InChI=1S/C63H72O33/c1-24-41(71)44(74)49(79)59(86-24)88-32-19-33(68)40-34(20-32)89-55(28-9-15-31(67)16-10-28)58(43(40)73)96-63-53(83)48(78)57(37(92-63)23-85-39(70)18-8-27-5-13-30(66)14-6-27)95-62-52(82)47(77)56(36(91-62)22-84-38(69)17-7-26-3-11-29(65)12-4-26)94-60-51(81)46(76)54(25(2)87-60)93-61-50(80)45(75)42(72)35(21-64)90-61/h3-20,24-25,35-37,41-42,44-54,56-57,59-68,71-72,74-83H,21-23H2,1-2H3/b17-7+,18-8+/t24-,25-,35-,36-,37-,41+,42-,44-,45+,46+,47-,48-,49-,50-,51-,52-,53-,54+,56-,57-,59+,60+,61+,62+,63+/m1/s1. The van der Waals surface area contributed by atoms with Crippen LogP contribution in [-0.2, 0) is 57.0 Å². The number of fused-ring (bicyclic) bond motifs is 1. The van der Waals surface area contributed by atoms with Crippen LogP contribution in [0.5, 0.6) is 34.5 Å². The van der Waals surface area contributed by atoms with E-state index in [4.69, 9.17) is 61.3 Å². The van der Waals surface area contributed by atoms with Gasteiger partial charge in [-0.05, 0) is 85.7 Å².